The van der Waals surface area contributed by atoms with Crippen LogP contribution in [0.2, 0.25) is 5.02 Å². The van der Waals surface area contributed by atoms with Crippen molar-refractivity contribution in [3.05, 3.63) is 29.0 Å². The second-order valence-corrected chi connectivity index (χ2v) is 12.5. The van der Waals surface area contributed by atoms with Crippen LogP contribution in [0, 0.1) is 29.0 Å². The first-order valence-electron chi connectivity index (χ1n) is 11.5. The standard InChI is InChI=1S/C23H30ClFN2O3S/c24-19-5-3-6-20(21(19)25)31(29,30)27-7-2-1-4-18(27)14-26-22(28)23-11-15-8-16(12-23)10-17(9-15)13-23/h3,5-6,15-18H,1-2,4,7-14H2,(H,26,28). The summed E-state index contributed by atoms with van der Waals surface area (Å²) in [6, 6.07) is 3.69. The van der Waals surface area contributed by atoms with E-state index in [1.165, 1.54) is 41.8 Å². The molecule has 1 saturated heterocycles. The highest BCUT2D eigenvalue weighted by atomic mass is 35.5. The number of amides is 1. The van der Waals surface area contributed by atoms with Crippen molar-refractivity contribution in [3.63, 3.8) is 0 Å². The van der Waals surface area contributed by atoms with E-state index in [1.54, 1.807) is 0 Å². The Morgan fingerprint density at radius 1 is 1.13 bits per heavy atom. The van der Waals surface area contributed by atoms with Crippen molar-refractivity contribution in [3.8, 4) is 0 Å². The van der Waals surface area contributed by atoms with Crippen molar-refractivity contribution in [1.29, 1.82) is 0 Å². The van der Waals surface area contributed by atoms with Crippen molar-refractivity contribution in [1.82, 2.24) is 9.62 Å². The fourth-order valence-electron chi connectivity index (χ4n) is 7.09. The predicted octanol–water partition coefficient (Wildman–Crippen LogP) is 4.35. The van der Waals surface area contributed by atoms with Crippen LogP contribution in [0.1, 0.15) is 57.8 Å². The Hall–Kier alpha value is -1.18. The summed E-state index contributed by atoms with van der Waals surface area (Å²) in [7, 11) is -4.03. The fourth-order valence-corrected chi connectivity index (χ4v) is 9.10. The lowest BCUT2D eigenvalue weighted by Gasteiger charge is -2.55. The number of carbonyl (C=O) groups excluding carboxylic acids is 1. The first-order chi connectivity index (χ1) is 14.8. The molecule has 0 radical (unpaired) electrons. The van der Waals surface area contributed by atoms with Crippen LogP contribution in [0.15, 0.2) is 23.1 Å². The molecule has 4 bridgehead atoms. The van der Waals surface area contributed by atoms with Gasteiger partial charge in [-0.1, -0.05) is 24.1 Å². The number of carbonyl (C=O) groups is 1. The average molecular weight is 469 g/mol. The Bertz CT molecular complexity index is 948. The van der Waals surface area contributed by atoms with Gasteiger partial charge in [0, 0.05) is 24.5 Å². The Morgan fingerprint density at radius 2 is 1.77 bits per heavy atom. The minimum Gasteiger partial charge on any atom is -0.354 e. The molecule has 5 aliphatic rings. The first-order valence-corrected chi connectivity index (χ1v) is 13.3. The van der Waals surface area contributed by atoms with Gasteiger partial charge in [-0.15, -0.1) is 0 Å². The van der Waals surface area contributed by atoms with Crippen LogP contribution in [-0.4, -0.2) is 37.8 Å². The van der Waals surface area contributed by atoms with Gasteiger partial charge in [0.1, 0.15) is 4.90 Å². The highest BCUT2D eigenvalue weighted by molar-refractivity contribution is 7.89. The number of hydrogen-bond acceptors (Lipinski definition) is 3. The maximum absolute atomic E-state index is 14.5. The molecule has 0 spiro atoms. The van der Waals surface area contributed by atoms with E-state index in [2.05, 4.69) is 5.32 Å². The molecule has 31 heavy (non-hydrogen) atoms. The summed E-state index contributed by atoms with van der Waals surface area (Å²) >= 11 is 5.83. The summed E-state index contributed by atoms with van der Waals surface area (Å²) in [5.74, 6) is 1.22. The predicted molar refractivity (Wildman–Crippen MR) is 117 cm³/mol. The summed E-state index contributed by atoms with van der Waals surface area (Å²) in [4.78, 5) is 12.9. The highest BCUT2D eigenvalue weighted by Gasteiger charge is 2.54. The molecule has 1 amide bonds. The molecule has 1 N–H and O–H groups in total. The molecule has 170 valence electrons. The largest absolute Gasteiger partial charge is 0.354 e. The van der Waals surface area contributed by atoms with Crippen LogP contribution in [0.4, 0.5) is 4.39 Å². The Morgan fingerprint density at radius 3 is 2.42 bits per heavy atom. The van der Waals surface area contributed by atoms with E-state index in [-0.39, 0.29) is 33.8 Å². The van der Waals surface area contributed by atoms with Crippen LogP contribution in [0.5, 0.6) is 0 Å². The average Bonchev–Trinajstić information content (AvgIpc) is 2.73. The molecule has 1 aromatic carbocycles. The molecule has 5 nitrogen and oxygen atoms in total. The van der Waals surface area contributed by atoms with E-state index in [9.17, 15) is 17.6 Å². The zero-order chi connectivity index (χ0) is 21.8. The van der Waals surface area contributed by atoms with Gasteiger partial charge in [-0.05, 0) is 81.3 Å². The summed E-state index contributed by atoms with van der Waals surface area (Å²) in [6.07, 6.45) is 9.01. The molecule has 1 aromatic rings. The SMILES string of the molecule is O=C(NCC1CCCCN1S(=O)(=O)c1cccc(Cl)c1F)C12CC3CC(CC(C3)C1)C2. The van der Waals surface area contributed by atoms with Crippen molar-refractivity contribution in [2.45, 2.75) is 68.7 Å². The minimum atomic E-state index is -4.03. The summed E-state index contributed by atoms with van der Waals surface area (Å²) in [6.45, 7) is 0.605. The molecule has 5 fully saturated rings. The fraction of sp³-hybridized carbons (Fsp3) is 0.696. The molecule has 4 aliphatic carbocycles. The maximum atomic E-state index is 14.5. The zero-order valence-electron chi connectivity index (χ0n) is 17.7. The lowest BCUT2D eigenvalue weighted by atomic mass is 9.49. The van der Waals surface area contributed by atoms with E-state index in [4.69, 9.17) is 11.6 Å². The first kappa shape index (κ1) is 21.7. The topological polar surface area (TPSA) is 66.5 Å². The van der Waals surface area contributed by atoms with Gasteiger partial charge in [0.2, 0.25) is 15.9 Å². The summed E-state index contributed by atoms with van der Waals surface area (Å²) in [5, 5.41) is 2.92. The monoisotopic (exact) mass is 468 g/mol. The van der Waals surface area contributed by atoms with Crippen LogP contribution in [0.3, 0.4) is 0 Å². The van der Waals surface area contributed by atoms with E-state index < -0.39 is 15.8 Å². The lowest BCUT2D eigenvalue weighted by Crippen LogP contribution is -2.56. The molecular formula is C23H30ClFN2O3S. The second-order valence-electron chi connectivity index (χ2n) is 10.2. The quantitative estimate of drug-likeness (QED) is 0.698. The number of sulfonamides is 1. The second kappa shape index (κ2) is 7.99. The smallest absolute Gasteiger partial charge is 0.246 e. The lowest BCUT2D eigenvalue weighted by molar-refractivity contribution is -0.146. The number of piperidine rings is 1. The van der Waals surface area contributed by atoms with Crippen molar-refractivity contribution in [2.24, 2.45) is 23.2 Å². The Kier molecular flexibility index (Phi) is 5.58. The number of nitrogens with one attached hydrogen (secondary N) is 1. The van der Waals surface area contributed by atoms with Gasteiger partial charge in [0.25, 0.3) is 0 Å². The van der Waals surface area contributed by atoms with Crippen LogP contribution >= 0.6 is 11.6 Å². The van der Waals surface area contributed by atoms with Gasteiger partial charge in [-0.3, -0.25) is 4.79 Å². The Balaban J connectivity index is 1.31. The third kappa shape index (κ3) is 3.80. The number of benzene rings is 1. The molecule has 8 heteroatoms. The van der Waals surface area contributed by atoms with Gasteiger partial charge >= 0.3 is 0 Å². The van der Waals surface area contributed by atoms with Gasteiger partial charge in [0.15, 0.2) is 5.82 Å². The number of halogens is 2. The Labute approximate surface area is 188 Å². The third-order valence-electron chi connectivity index (χ3n) is 8.09. The van der Waals surface area contributed by atoms with Gasteiger partial charge in [-0.25, -0.2) is 12.8 Å². The van der Waals surface area contributed by atoms with Crippen molar-refractivity contribution >= 4 is 27.5 Å². The number of rotatable bonds is 5. The molecule has 1 unspecified atom stereocenters. The van der Waals surface area contributed by atoms with E-state index >= 15 is 0 Å². The molecule has 4 saturated carbocycles. The molecule has 1 atom stereocenters. The third-order valence-corrected chi connectivity index (χ3v) is 10.4. The van der Waals surface area contributed by atoms with E-state index in [0.29, 0.717) is 30.7 Å². The van der Waals surface area contributed by atoms with Crippen LogP contribution in [0.25, 0.3) is 0 Å². The molecule has 1 aliphatic heterocycles. The maximum Gasteiger partial charge on any atom is 0.246 e. The van der Waals surface area contributed by atoms with Crippen molar-refractivity contribution in [2.75, 3.05) is 13.1 Å². The molecule has 1 heterocycles. The van der Waals surface area contributed by atoms with Crippen molar-refractivity contribution < 1.29 is 17.6 Å². The number of nitrogens with zero attached hydrogens (tertiary/aromatic N) is 1. The van der Waals surface area contributed by atoms with E-state index in [1.807, 2.05) is 0 Å². The molecule has 6 rings (SSSR count). The highest BCUT2D eigenvalue weighted by Crippen LogP contribution is 2.60. The van der Waals surface area contributed by atoms with Gasteiger partial charge < -0.3 is 5.32 Å². The number of hydrogen-bond donors (Lipinski definition) is 1. The van der Waals surface area contributed by atoms with Crippen LogP contribution in [-0.2, 0) is 14.8 Å². The molecule has 0 aromatic heterocycles. The minimum absolute atomic E-state index is 0.100. The normalized spacial score (nSPS) is 35.3. The summed E-state index contributed by atoms with van der Waals surface area (Å²) in [5.41, 5.74) is -0.258. The summed E-state index contributed by atoms with van der Waals surface area (Å²) < 4.78 is 42.4. The van der Waals surface area contributed by atoms with Gasteiger partial charge in [-0.2, -0.15) is 4.31 Å². The van der Waals surface area contributed by atoms with E-state index in [0.717, 1.165) is 32.1 Å². The van der Waals surface area contributed by atoms with Gasteiger partial charge in [0.05, 0.1) is 5.02 Å². The molecular weight excluding hydrogens is 439 g/mol. The zero-order valence-corrected chi connectivity index (χ0v) is 19.2. The van der Waals surface area contributed by atoms with Crippen LogP contribution < -0.4 is 5.32 Å².